The topological polar surface area (TPSA) is 170 Å². The minimum absolute atomic E-state index is 0.154. The lowest BCUT2D eigenvalue weighted by Crippen LogP contribution is -1.93. The molecule has 0 saturated heterocycles. The third kappa shape index (κ3) is 6.81. The van der Waals surface area contributed by atoms with Crippen molar-refractivity contribution in [2.45, 2.75) is 6.42 Å². The van der Waals surface area contributed by atoms with Crippen LogP contribution in [0.1, 0.15) is 22.3 Å². The zero-order valence-electron chi connectivity index (χ0n) is 21.9. The van der Waals surface area contributed by atoms with Gasteiger partial charge in [0, 0.05) is 47.8 Å². The number of nitrogens with zero attached hydrogens (tertiary/aromatic N) is 4. The van der Waals surface area contributed by atoms with Gasteiger partial charge in [-0.05, 0) is 53.9 Å². The highest BCUT2D eigenvalue weighted by atomic mass is 16.6. The fourth-order valence-electron chi connectivity index (χ4n) is 3.92. The number of ether oxygens (including phenoxy) is 2. The molecule has 0 atom stereocenters. The first kappa shape index (κ1) is 28.2. The number of nitro benzene ring substituents is 2. The lowest BCUT2D eigenvalue weighted by atomic mass is 10.0. The Hall–Kier alpha value is -5.78. The van der Waals surface area contributed by atoms with Crippen LogP contribution in [0.2, 0.25) is 0 Å². The van der Waals surface area contributed by atoms with Crippen molar-refractivity contribution in [2.24, 2.45) is 9.98 Å². The number of aromatic hydroxyl groups is 2. The van der Waals surface area contributed by atoms with Crippen LogP contribution in [0.3, 0.4) is 0 Å². The van der Waals surface area contributed by atoms with Crippen molar-refractivity contribution in [3.63, 3.8) is 0 Å². The third-order valence-electron chi connectivity index (χ3n) is 6.02. The minimum Gasteiger partial charge on any atom is -0.507 e. The Bertz CT molecular complexity index is 1560. The second-order valence-electron chi connectivity index (χ2n) is 8.71. The number of hydrogen-bond acceptors (Lipinski definition) is 10. The SMILES string of the molecule is COc1ccc(Cc2ccc(OC)c(N=Cc3cc([N+](=O)[O-])ccc3O)c2)cc1N=Cc1cc([N+](=O)[O-])ccc1O. The Morgan fingerprint density at radius 1 is 0.683 bits per heavy atom. The first-order valence-corrected chi connectivity index (χ1v) is 12.0. The van der Waals surface area contributed by atoms with Gasteiger partial charge in [0.2, 0.25) is 0 Å². The van der Waals surface area contributed by atoms with E-state index in [0.29, 0.717) is 29.3 Å². The predicted octanol–water partition coefficient (Wildman–Crippen LogP) is 6.02. The average Bonchev–Trinajstić information content (AvgIpc) is 2.96. The number of non-ortho nitro benzene ring substituents is 2. The zero-order valence-corrected chi connectivity index (χ0v) is 21.9. The van der Waals surface area contributed by atoms with Gasteiger partial charge >= 0.3 is 0 Å². The quantitative estimate of drug-likeness (QED) is 0.136. The highest BCUT2D eigenvalue weighted by molar-refractivity contribution is 5.87. The molecular weight excluding hydrogens is 532 g/mol. The van der Waals surface area contributed by atoms with E-state index in [4.69, 9.17) is 9.47 Å². The molecule has 4 rings (SSSR count). The molecule has 0 aliphatic rings. The van der Waals surface area contributed by atoms with E-state index >= 15 is 0 Å². The van der Waals surface area contributed by atoms with Gasteiger partial charge in [-0.1, -0.05) is 12.1 Å². The maximum absolute atomic E-state index is 11.1. The van der Waals surface area contributed by atoms with Crippen LogP contribution in [0.5, 0.6) is 23.0 Å². The van der Waals surface area contributed by atoms with Crippen molar-refractivity contribution in [2.75, 3.05) is 14.2 Å². The summed E-state index contributed by atoms with van der Waals surface area (Å²) in [4.78, 5) is 29.9. The smallest absolute Gasteiger partial charge is 0.270 e. The van der Waals surface area contributed by atoms with Crippen molar-refractivity contribution < 1.29 is 29.5 Å². The monoisotopic (exact) mass is 556 g/mol. The van der Waals surface area contributed by atoms with Crippen molar-refractivity contribution in [1.82, 2.24) is 0 Å². The standard InChI is InChI=1S/C29H24N4O8/c1-40-28-9-3-18(12-24(28)30-16-20-14-22(32(36)37)5-7-26(20)34)11-19-4-10-29(41-2)25(13-19)31-17-21-15-23(33(38)39)6-8-27(21)35/h3-10,12-17,34-35H,11H2,1-2H3. The van der Waals surface area contributed by atoms with Gasteiger partial charge in [0.1, 0.15) is 34.4 Å². The average molecular weight is 557 g/mol. The van der Waals surface area contributed by atoms with Crippen molar-refractivity contribution in [1.29, 1.82) is 0 Å². The fourth-order valence-corrected chi connectivity index (χ4v) is 3.92. The summed E-state index contributed by atoms with van der Waals surface area (Å²) < 4.78 is 10.8. The van der Waals surface area contributed by atoms with Gasteiger partial charge in [-0.2, -0.15) is 0 Å². The van der Waals surface area contributed by atoms with E-state index in [1.54, 1.807) is 24.3 Å². The molecular formula is C29H24N4O8. The molecule has 0 saturated carbocycles. The van der Waals surface area contributed by atoms with Crippen LogP contribution in [0, 0.1) is 20.2 Å². The number of methoxy groups -OCH3 is 2. The number of nitro groups is 2. The van der Waals surface area contributed by atoms with Gasteiger partial charge in [0.05, 0.1) is 24.1 Å². The molecule has 4 aromatic rings. The molecule has 0 spiro atoms. The van der Waals surface area contributed by atoms with Crippen LogP contribution in [-0.2, 0) is 6.42 Å². The lowest BCUT2D eigenvalue weighted by molar-refractivity contribution is -0.385. The molecule has 0 aromatic heterocycles. The number of aliphatic imine (C=N–C) groups is 2. The second-order valence-corrected chi connectivity index (χ2v) is 8.71. The Kier molecular flexibility index (Phi) is 8.53. The molecule has 0 fully saturated rings. The molecule has 41 heavy (non-hydrogen) atoms. The largest absolute Gasteiger partial charge is 0.507 e. The first-order chi connectivity index (χ1) is 19.7. The van der Waals surface area contributed by atoms with E-state index in [2.05, 4.69) is 9.98 Å². The summed E-state index contributed by atoms with van der Waals surface area (Å²) in [6, 6.07) is 18.1. The summed E-state index contributed by atoms with van der Waals surface area (Å²) in [5, 5.41) is 42.4. The number of phenols is 2. The van der Waals surface area contributed by atoms with Crippen LogP contribution in [-0.4, -0.2) is 46.7 Å². The highest BCUT2D eigenvalue weighted by Crippen LogP contribution is 2.33. The van der Waals surface area contributed by atoms with E-state index in [1.807, 2.05) is 12.1 Å². The molecule has 0 radical (unpaired) electrons. The number of hydrogen-bond donors (Lipinski definition) is 2. The van der Waals surface area contributed by atoms with Crippen molar-refractivity contribution in [3.05, 3.63) is 115 Å². The van der Waals surface area contributed by atoms with Gasteiger partial charge in [-0.25, -0.2) is 0 Å². The molecule has 2 N–H and O–H groups in total. The van der Waals surface area contributed by atoms with Crippen LogP contribution in [0.4, 0.5) is 22.7 Å². The Morgan fingerprint density at radius 2 is 1.10 bits per heavy atom. The predicted molar refractivity (Wildman–Crippen MR) is 153 cm³/mol. The van der Waals surface area contributed by atoms with Crippen molar-refractivity contribution in [3.8, 4) is 23.0 Å². The first-order valence-electron chi connectivity index (χ1n) is 12.0. The Labute approximate surface area is 233 Å². The Morgan fingerprint density at radius 3 is 1.46 bits per heavy atom. The maximum Gasteiger partial charge on any atom is 0.270 e. The molecule has 0 unspecified atom stereocenters. The van der Waals surface area contributed by atoms with E-state index in [9.17, 15) is 30.4 Å². The van der Waals surface area contributed by atoms with Gasteiger partial charge in [-0.3, -0.25) is 30.2 Å². The molecule has 12 heteroatoms. The van der Waals surface area contributed by atoms with E-state index in [1.165, 1.54) is 63.0 Å². The van der Waals surface area contributed by atoms with Crippen LogP contribution in [0.25, 0.3) is 0 Å². The Balaban J connectivity index is 1.62. The minimum atomic E-state index is -0.558. The second kappa shape index (κ2) is 12.4. The highest BCUT2D eigenvalue weighted by Gasteiger charge is 2.12. The summed E-state index contributed by atoms with van der Waals surface area (Å²) in [5.74, 6) is 0.622. The van der Waals surface area contributed by atoms with E-state index in [0.717, 1.165) is 11.1 Å². The molecule has 0 amide bonds. The van der Waals surface area contributed by atoms with Gasteiger partial charge in [0.25, 0.3) is 11.4 Å². The van der Waals surface area contributed by atoms with Crippen LogP contribution < -0.4 is 9.47 Å². The van der Waals surface area contributed by atoms with Crippen molar-refractivity contribution >= 4 is 35.2 Å². The molecule has 0 aliphatic carbocycles. The molecule has 12 nitrogen and oxygen atoms in total. The van der Waals surface area contributed by atoms with E-state index < -0.39 is 9.85 Å². The summed E-state index contributed by atoms with van der Waals surface area (Å²) in [7, 11) is 2.98. The maximum atomic E-state index is 11.1. The van der Waals surface area contributed by atoms with Crippen LogP contribution in [0.15, 0.2) is 82.8 Å². The normalized spacial score (nSPS) is 11.2. The van der Waals surface area contributed by atoms with Gasteiger partial charge in [-0.15, -0.1) is 0 Å². The summed E-state index contributed by atoms with van der Waals surface area (Å²) in [6.45, 7) is 0. The van der Waals surface area contributed by atoms with E-state index in [-0.39, 0.29) is 34.0 Å². The fraction of sp³-hybridized carbons (Fsp3) is 0.103. The molecule has 0 heterocycles. The number of phenolic OH excluding ortho intramolecular Hbond substituents is 2. The molecule has 0 bridgehead atoms. The zero-order chi connectivity index (χ0) is 29.5. The third-order valence-corrected chi connectivity index (χ3v) is 6.02. The number of benzene rings is 4. The lowest BCUT2D eigenvalue weighted by Gasteiger charge is -2.10. The summed E-state index contributed by atoms with van der Waals surface area (Å²) >= 11 is 0. The summed E-state index contributed by atoms with van der Waals surface area (Å²) in [6.07, 6.45) is 3.12. The summed E-state index contributed by atoms with van der Waals surface area (Å²) in [5.41, 5.74) is 2.62. The molecule has 4 aromatic carbocycles. The molecule has 0 aliphatic heterocycles. The molecule has 208 valence electrons. The van der Waals surface area contributed by atoms with Gasteiger partial charge < -0.3 is 19.7 Å². The van der Waals surface area contributed by atoms with Gasteiger partial charge in [0.15, 0.2) is 0 Å². The number of rotatable bonds is 10. The van der Waals surface area contributed by atoms with Crippen LogP contribution >= 0.6 is 0 Å².